The lowest BCUT2D eigenvalue weighted by Crippen LogP contribution is -2.45. The third-order valence-electron chi connectivity index (χ3n) is 3.90. The Labute approximate surface area is 164 Å². The zero-order chi connectivity index (χ0) is 19.5. The summed E-state index contributed by atoms with van der Waals surface area (Å²) in [5, 5.41) is 3.32. The predicted molar refractivity (Wildman–Crippen MR) is 108 cm³/mol. The molecule has 2 aromatic carbocycles. The standard InChI is InChI=1S/C18H20Cl2N2O3S/c1-4-13-7-5-6-8-17(13)21-18(23)12(2)22(26(3,24)25)14-9-10-15(19)16(20)11-14/h5-12H,4H2,1-3H3,(H,21,23)/t12-/m1/s1. The van der Waals surface area contributed by atoms with Gasteiger partial charge in [-0.1, -0.05) is 48.3 Å². The summed E-state index contributed by atoms with van der Waals surface area (Å²) in [6.07, 6.45) is 1.78. The summed E-state index contributed by atoms with van der Waals surface area (Å²) in [6.45, 7) is 3.50. The van der Waals surface area contributed by atoms with Crippen LogP contribution in [0.1, 0.15) is 19.4 Å². The van der Waals surface area contributed by atoms with Crippen LogP contribution in [0.15, 0.2) is 42.5 Å². The molecule has 0 aliphatic rings. The van der Waals surface area contributed by atoms with Crippen molar-refractivity contribution in [1.29, 1.82) is 0 Å². The maximum absolute atomic E-state index is 12.7. The van der Waals surface area contributed by atoms with Gasteiger partial charge in [0.05, 0.1) is 22.0 Å². The predicted octanol–water partition coefficient (Wildman–Crippen LogP) is 4.35. The lowest BCUT2D eigenvalue weighted by atomic mass is 10.1. The van der Waals surface area contributed by atoms with Crippen molar-refractivity contribution in [3.05, 3.63) is 58.1 Å². The number of nitrogens with zero attached hydrogens (tertiary/aromatic N) is 1. The molecule has 0 heterocycles. The van der Waals surface area contributed by atoms with Crippen LogP contribution in [-0.4, -0.2) is 26.6 Å². The normalized spacial score (nSPS) is 12.5. The molecular formula is C18H20Cl2N2O3S. The van der Waals surface area contributed by atoms with E-state index in [1.807, 2.05) is 25.1 Å². The first-order valence-electron chi connectivity index (χ1n) is 7.98. The summed E-state index contributed by atoms with van der Waals surface area (Å²) in [5.74, 6) is -0.442. The maximum atomic E-state index is 12.7. The number of benzene rings is 2. The number of para-hydroxylation sites is 1. The van der Waals surface area contributed by atoms with Gasteiger partial charge in [0.1, 0.15) is 6.04 Å². The molecule has 0 spiro atoms. The number of hydrogen-bond acceptors (Lipinski definition) is 3. The zero-order valence-corrected chi connectivity index (χ0v) is 17.0. The summed E-state index contributed by atoms with van der Waals surface area (Å²) >= 11 is 11.9. The third kappa shape index (κ3) is 4.69. The van der Waals surface area contributed by atoms with Crippen LogP contribution >= 0.6 is 23.2 Å². The van der Waals surface area contributed by atoms with Crippen molar-refractivity contribution in [3.8, 4) is 0 Å². The van der Waals surface area contributed by atoms with E-state index in [2.05, 4.69) is 5.32 Å². The lowest BCUT2D eigenvalue weighted by molar-refractivity contribution is -0.116. The summed E-state index contributed by atoms with van der Waals surface area (Å²) in [5.41, 5.74) is 1.90. The minimum atomic E-state index is -3.73. The molecule has 1 amide bonds. The van der Waals surface area contributed by atoms with Crippen molar-refractivity contribution in [2.45, 2.75) is 26.3 Å². The number of nitrogens with one attached hydrogen (secondary N) is 1. The largest absolute Gasteiger partial charge is 0.324 e. The van der Waals surface area contributed by atoms with Crippen molar-refractivity contribution in [1.82, 2.24) is 0 Å². The fourth-order valence-corrected chi connectivity index (χ4v) is 4.08. The average Bonchev–Trinajstić information content (AvgIpc) is 2.57. The molecular weight excluding hydrogens is 395 g/mol. The van der Waals surface area contributed by atoms with Gasteiger partial charge in [0.25, 0.3) is 0 Å². The van der Waals surface area contributed by atoms with Crippen LogP contribution in [0, 0.1) is 0 Å². The highest BCUT2D eigenvalue weighted by Gasteiger charge is 2.29. The lowest BCUT2D eigenvalue weighted by Gasteiger charge is -2.28. The van der Waals surface area contributed by atoms with E-state index in [0.717, 1.165) is 22.5 Å². The molecule has 1 atom stereocenters. The summed E-state index contributed by atoms with van der Waals surface area (Å²) in [6, 6.07) is 10.8. The Morgan fingerprint density at radius 1 is 1.15 bits per heavy atom. The minimum absolute atomic E-state index is 0.210. The second kappa shape index (κ2) is 8.29. The summed E-state index contributed by atoms with van der Waals surface area (Å²) < 4.78 is 25.7. The Morgan fingerprint density at radius 3 is 2.38 bits per heavy atom. The highest BCUT2D eigenvalue weighted by molar-refractivity contribution is 7.92. The number of halogens is 2. The van der Waals surface area contributed by atoms with Crippen molar-refractivity contribution in [3.63, 3.8) is 0 Å². The van der Waals surface area contributed by atoms with E-state index >= 15 is 0 Å². The van der Waals surface area contributed by atoms with Gasteiger partial charge in [-0.25, -0.2) is 8.42 Å². The molecule has 0 saturated carbocycles. The molecule has 0 aromatic heterocycles. The van der Waals surface area contributed by atoms with Crippen molar-refractivity contribution in [2.24, 2.45) is 0 Å². The Balaban J connectivity index is 2.36. The number of aryl methyl sites for hydroxylation is 1. The van der Waals surface area contributed by atoms with Crippen LogP contribution in [-0.2, 0) is 21.2 Å². The number of anilines is 2. The second-order valence-corrected chi connectivity index (χ2v) is 8.51. The van der Waals surface area contributed by atoms with Crippen LogP contribution in [0.4, 0.5) is 11.4 Å². The molecule has 2 rings (SSSR count). The van der Waals surface area contributed by atoms with Crippen molar-refractivity contribution >= 4 is 50.5 Å². The molecule has 1 N–H and O–H groups in total. The SMILES string of the molecule is CCc1ccccc1NC(=O)[C@@H](C)N(c1ccc(Cl)c(Cl)c1)S(C)(=O)=O. The van der Waals surface area contributed by atoms with Crippen LogP contribution in [0.25, 0.3) is 0 Å². The van der Waals surface area contributed by atoms with Gasteiger partial charge in [-0.2, -0.15) is 0 Å². The molecule has 8 heteroatoms. The molecule has 0 aliphatic carbocycles. The quantitative estimate of drug-likeness (QED) is 0.763. The van der Waals surface area contributed by atoms with Gasteiger partial charge in [-0.05, 0) is 43.2 Å². The van der Waals surface area contributed by atoms with E-state index in [0.29, 0.717) is 10.7 Å². The third-order valence-corrected chi connectivity index (χ3v) is 5.88. The van der Waals surface area contributed by atoms with E-state index in [9.17, 15) is 13.2 Å². The number of hydrogen-bond donors (Lipinski definition) is 1. The molecule has 0 radical (unpaired) electrons. The second-order valence-electron chi connectivity index (χ2n) is 5.83. The molecule has 140 valence electrons. The number of sulfonamides is 1. The first-order chi connectivity index (χ1) is 12.1. The van der Waals surface area contributed by atoms with Gasteiger partial charge in [0, 0.05) is 5.69 Å². The van der Waals surface area contributed by atoms with Crippen LogP contribution in [0.3, 0.4) is 0 Å². The number of amides is 1. The smallest absolute Gasteiger partial charge is 0.248 e. The van der Waals surface area contributed by atoms with E-state index in [1.54, 1.807) is 6.07 Å². The highest BCUT2D eigenvalue weighted by atomic mass is 35.5. The number of carbonyl (C=O) groups is 1. The molecule has 0 unspecified atom stereocenters. The van der Waals surface area contributed by atoms with Crippen LogP contribution in [0.2, 0.25) is 10.0 Å². The first kappa shape index (κ1) is 20.6. The average molecular weight is 415 g/mol. The summed E-state index contributed by atoms with van der Waals surface area (Å²) in [7, 11) is -3.73. The monoisotopic (exact) mass is 414 g/mol. The molecule has 0 aliphatic heterocycles. The minimum Gasteiger partial charge on any atom is -0.324 e. The van der Waals surface area contributed by atoms with Gasteiger partial charge >= 0.3 is 0 Å². The highest BCUT2D eigenvalue weighted by Crippen LogP contribution is 2.30. The van der Waals surface area contributed by atoms with Crippen LogP contribution < -0.4 is 9.62 Å². The Kier molecular flexibility index (Phi) is 6.55. The zero-order valence-electron chi connectivity index (χ0n) is 14.7. The summed E-state index contributed by atoms with van der Waals surface area (Å²) in [4.78, 5) is 12.7. The van der Waals surface area contributed by atoms with E-state index in [-0.39, 0.29) is 10.7 Å². The topological polar surface area (TPSA) is 66.5 Å². The Hall–Kier alpha value is -1.76. The molecule has 2 aromatic rings. The molecule has 0 fully saturated rings. The fourth-order valence-electron chi connectivity index (χ4n) is 2.62. The number of rotatable bonds is 6. The van der Waals surface area contributed by atoms with Gasteiger partial charge in [0.2, 0.25) is 15.9 Å². The molecule has 0 bridgehead atoms. The fraction of sp³-hybridized carbons (Fsp3) is 0.278. The molecule has 5 nitrogen and oxygen atoms in total. The van der Waals surface area contributed by atoms with Gasteiger partial charge in [0.15, 0.2) is 0 Å². The van der Waals surface area contributed by atoms with Crippen molar-refractivity contribution < 1.29 is 13.2 Å². The van der Waals surface area contributed by atoms with Crippen LogP contribution in [0.5, 0.6) is 0 Å². The first-order valence-corrected chi connectivity index (χ1v) is 10.6. The van der Waals surface area contributed by atoms with E-state index in [4.69, 9.17) is 23.2 Å². The molecule has 26 heavy (non-hydrogen) atoms. The van der Waals surface area contributed by atoms with Gasteiger partial charge in [-0.3, -0.25) is 9.10 Å². The van der Waals surface area contributed by atoms with Gasteiger partial charge < -0.3 is 5.32 Å². The maximum Gasteiger partial charge on any atom is 0.248 e. The van der Waals surface area contributed by atoms with E-state index in [1.165, 1.54) is 25.1 Å². The molecule has 0 saturated heterocycles. The van der Waals surface area contributed by atoms with Crippen molar-refractivity contribution in [2.75, 3.05) is 15.9 Å². The Morgan fingerprint density at radius 2 is 1.81 bits per heavy atom. The van der Waals surface area contributed by atoms with Gasteiger partial charge in [-0.15, -0.1) is 0 Å². The Bertz CT molecular complexity index is 916. The number of carbonyl (C=O) groups excluding carboxylic acids is 1. The van der Waals surface area contributed by atoms with E-state index < -0.39 is 22.0 Å².